The van der Waals surface area contributed by atoms with Gasteiger partial charge in [0, 0.05) is 6.42 Å². The topological polar surface area (TPSA) is 75.7 Å². The highest BCUT2D eigenvalue weighted by Crippen LogP contribution is 2.00. The van der Waals surface area contributed by atoms with Crippen LogP contribution in [-0.2, 0) is 11.2 Å². The van der Waals surface area contributed by atoms with Crippen molar-refractivity contribution >= 4 is 11.7 Å². The molecule has 0 aromatic heterocycles. The maximum atomic E-state index is 10.5. The van der Waals surface area contributed by atoms with E-state index in [1.165, 1.54) is 0 Å². The first-order chi connectivity index (χ1) is 6.24. The Bertz CT molecular complexity index is 320. The molecule has 0 saturated carbocycles. The molecule has 4 heteroatoms. The number of benzene rings is 1. The molecule has 13 heavy (non-hydrogen) atoms. The van der Waals surface area contributed by atoms with Crippen molar-refractivity contribution in [1.82, 2.24) is 0 Å². The SMILES string of the molecule is N/N=C(\Cc1ccccc1)C(=O)O. The molecule has 0 aliphatic rings. The Balaban J connectivity index is 2.74. The molecule has 0 spiro atoms. The fraction of sp³-hybridized carbons (Fsp3) is 0.111. The number of carbonyl (C=O) groups is 1. The zero-order chi connectivity index (χ0) is 9.68. The molecule has 0 unspecified atom stereocenters. The standard InChI is InChI=1S/C9H10N2O2/c10-11-8(9(12)13)6-7-4-2-1-3-5-7/h1-5H,6,10H2,(H,12,13)/b11-8+. The summed E-state index contributed by atoms with van der Waals surface area (Å²) in [5.74, 6) is 3.85. The number of hydrogen-bond donors (Lipinski definition) is 2. The van der Waals surface area contributed by atoms with E-state index in [9.17, 15) is 4.79 Å². The van der Waals surface area contributed by atoms with Gasteiger partial charge in [0.05, 0.1) is 0 Å². The number of aliphatic carboxylic acids is 1. The molecule has 1 aromatic carbocycles. The summed E-state index contributed by atoms with van der Waals surface area (Å²) >= 11 is 0. The van der Waals surface area contributed by atoms with E-state index in [-0.39, 0.29) is 12.1 Å². The third-order valence-electron chi connectivity index (χ3n) is 1.62. The highest BCUT2D eigenvalue weighted by atomic mass is 16.4. The number of carboxylic acids is 1. The average molecular weight is 178 g/mol. The van der Waals surface area contributed by atoms with Gasteiger partial charge in [-0.05, 0) is 5.56 Å². The van der Waals surface area contributed by atoms with Gasteiger partial charge in [-0.15, -0.1) is 0 Å². The van der Waals surface area contributed by atoms with Crippen molar-refractivity contribution in [2.45, 2.75) is 6.42 Å². The second-order valence-electron chi connectivity index (χ2n) is 2.54. The predicted octanol–water partition coefficient (Wildman–Crippen LogP) is 0.628. The lowest BCUT2D eigenvalue weighted by molar-refractivity contribution is -0.129. The normalized spacial score (nSPS) is 11.2. The van der Waals surface area contributed by atoms with Crippen molar-refractivity contribution in [3.8, 4) is 0 Å². The highest BCUT2D eigenvalue weighted by Gasteiger charge is 2.08. The maximum absolute atomic E-state index is 10.5. The van der Waals surface area contributed by atoms with E-state index in [4.69, 9.17) is 10.9 Å². The summed E-state index contributed by atoms with van der Waals surface area (Å²) in [7, 11) is 0. The van der Waals surface area contributed by atoms with Gasteiger partial charge in [-0.1, -0.05) is 30.3 Å². The minimum atomic E-state index is -1.08. The van der Waals surface area contributed by atoms with Crippen LogP contribution in [-0.4, -0.2) is 16.8 Å². The molecule has 0 fully saturated rings. The molecule has 0 heterocycles. The van der Waals surface area contributed by atoms with Crippen LogP contribution in [0.25, 0.3) is 0 Å². The number of nitrogens with two attached hydrogens (primary N) is 1. The van der Waals surface area contributed by atoms with Crippen LogP contribution in [0, 0.1) is 0 Å². The van der Waals surface area contributed by atoms with Crippen LogP contribution in [0.15, 0.2) is 35.4 Å². The van der Waals surface area contributed by atoms with Crippen LogP contribution >= 0.6 is 0 Å². The summed E-state index contributed by atoms with van der Waals surface area (Å²) in [6.45, 7) is 0. The Kier molecular flexibility index (Phi) is 3.03. The Morgan fingerprint density at radius 1 is 1.38 bits per heavy atom. The fourth-order valence-electron chi connectivity index (χ4n) is 0.966. The van der Waals surface area contributed by atoms with Crippen LogP contribution < -0.4 is 5.84 Å². The van der Waals surface area contributed by atoms with E-state index in [1.54, 1.807) is 0 Å². The van der Waals surface area contributed by atoms with Crippen LogP contribution in [0.1, 0.15) is 5.56 Å². The summed E-state index contributed by atoms with van der Waals surface area (Å²) in [6, 6.07) is 9.20. The monoisotopic (exact) mass is 178 g/mol. The summed E-state index contributed by atoms with van der Waals surface area (Å²) in [5.41, 5.74) is 0.848. The lowest BCUT2D eigenvalue weighted by Gasteiger charge is -1.99. The fourth-order valence-corrected chi connectivity index (χ4v) is 0.966. The lowest BCUT2D eigenvalue weighted by atomic mass is 10.1. The van der Waals surface area contributed by atoms with Crippen molar-refractivity contribution in [2.24, 2.45) is 10.9 Å². The van der Waals surface area contributed by atoms with Gasteiger partial charge in [-0.3, -0.25) is 0 Å². The van der Waals surface area contributed by atoms with Crippen molar-refractivity contribution in [1.29, 1.82) is 0 Å². The highest BCUT2D eigenvalue weighted by molar-refractivity contribution is 6.36. The minimum absolute atomic E-state index is 0.0359. The van der Waals surface area contributed by atoms with Crippen molar-refractivity contribution in [3.63, 3.8) is 0 Å². The van der Waals surface area contributed by atoms with Gasteiger partial charge in [-0.2, -0.15) is 5.10 Å². The molecular formula is C9H10N2O2. The molecule has 0 aliphatic carbocycles. The Morgan fingerprint density at radius 3 is 2.46 bits per heavy atom. The van der Waals surface area contributed by atoms with Gasteiger partial charge in [0.25, 0.3) is 0 Å². The number of hydrazone groups is 1. The molecule has 3 N–H and O–H groups in total. The molecule has 0 bridgehead atoms. The number of rotatable bonds is 3. The Labute approximate surface area is 75.7 Å². The van der Waals surface area contributed by atoms with Crippen LogP contribution in [0.2, 0.25) is 0 Å². The van der Waals surface area contributed by atoms with Gasteiger partial charge in [0.15, 0.2) is 0 Å². The summed E-state index contributed by atoms with van der Waals surface area (Å²) in [4.78, 5) is 10.5. The first-order valence-electron chi connectivity index (χ1n) is 3.78. The van der Waals surface area contributed by atoms with Crippen LogP contribution in [0.5, 0.6) is 0 Å². The predicted molar refractivity (Wildman–Crippen MR) is 49.4 cm³/mol. The Morgan fingerprint density at radius 2 is 2.00 bits per heavy atom. The van der Waals surface area contributed by atoms with E-state index in [1.807, 2.05) is 30.3 Å². The van der Waals surface area contributed by atoms with Crippen LogP contribution in [0.4, 0.5) is 0 Å². The molecule has 68 valence electrons. The number of hydrogen-bond acceptors (Lipinski definition) is 3. The third-order valence-corrected chi connectivity index (χ3v) is 1.62. The average Bonchev–Trinajstić information content (AvgIpc) is 2.15. The third kappa shape index (κ3) is 2.59. The second kappa shape index (κ2) is 4.25. The van der Waals surface area contributed by atoms with E-state index >= 15 is 0 Å². The van der Waals surface area contributed by atoms with Gasteiger partial charge < -0.3 is 10.9 Å². The van der Waals surface area contributed by atoms with E-state index < -0.39 is 5.97 Å². The number of carboxylic acid groups (broad SMARTS) is 1. The van der Waals surface area contributed by atoms with Gasteiger partial charge in [0.1, 0.15) is 5.71 Å². The van der Waals surface area contributed by atoms with Gasteiger partial charge in [-0.25, -0.2) is 4.79 Å². The van der Waals surface area contributed by atoms with Crippen molar-refractivity contribution < 1.29 is 9.90 Å². The van der Waals surface area contributed by atoms with E-state index in [0.717, 1.165) is 5.56 Å². The second-order valence-corrected chi connectivity index (χ2v) is 2.54. The zero-order valence-corrected chi connectivity index (χ0v) is 6.97. The quantitative estimate of drug-likeness (QED) is 0.405. The molecule has 0 aliphatic heterocycles. The smallest absolute Gasteiger partial charge is 0.352 e. The van der Waals surface area contributed by atoms with E-state index in [2.05, 4.69) is 5.10 Å². The molecule has 0 radical (unpaired) electrons. The minimum Gasteiger partial charge on any atom is -0.477 e. The number of nitrogens with zero attached hydrogens (tertiary/aromatic N) is 1. The molecular weight excluding hydrogens is 168 g/mol. The molecule has 0 saturated heterocycles. The Hall–Kier alpha value is -1.84. The summed E-state index contributed by atoms with van der Waals surface area (Å²) in [6.07, 6.45) is 0.257. The van der Waals surface area contributed by atoms with Crippen LogP contribution in [0.3, 0.4) is 0 Å². The summed E-state index contributed by atoms with van der Waals surface area (Å²) < 4.78 is 0. The van der Waals surface area contributed by atoms with Gasteiger partial charge >= 0.3 is 5.97 Å². The zero-order valence-electron chi connectivity index (χ0n) is 6.97. The lowest BCUT2D eigenvalue weighted by Crippen LogP contribution is -2.17. The van der Waals surface area contributed by atoms with E-state index in [0.29, 0.717) is 0 Å². The first-order valence-corrected chi connectivity index (χ1v) is 3.78. The summed E-state index contributed by atoms with van der Waals surface area (Å²) in [5, 5.41) is 11.8. The molecule has 1 aromatic rings. The van der Waals surface area contributed by atoms with Crippen molar-refractivity contribution in [3.05, 3.63) is 35.9 Å². The molecule has 1 rings (SSSR count). The maximum Gasteiger partial charge on any atom is 0.352 e. The largest absolute Gasteiger partial charge is 0.477 e. The molecule has 4 nitrogen and oxygen atoms in total. The molecule has 0 amide bonds. The molecule has 0 atom stereocenters. The van der Waals surface area contributed by atoms with Crippen molar-refractivity contribution in [2.75, 3.05) is 0 Å². The van der Waals surface area contributed by atoms with Gasteiger partial charge in [0.2, 0.25) is 0 Å². The first kappa shape index (κ1) is 9.25.